The average molecular weight is 258 g/mol. The molecule has 1 aliphatic rings. The largest absolute Gasteiger partial charge is 0.472 e. The highest BCUT2D eigenvalue weighted by molar-refractivity contribution is 7.91. The van der Waals surface area contributed by atoms with Gasteiger partial charge in [0.2, 0.25) is 0 Å². The lowest BCUT2D eigenvalue weighted by atomic mass is 10.3. The van der Waals surface area contributed by atoms with E-state index in [1.54, 1.807) is 12.5 Å². The van der Waals surface area contributed by atoms with Crippen LogP contribution in [-0.4, -0.2) is 51.0 Å². The Hall–Kier alpha value is -0.850. The van der Waals surface area contributed by atoms with Crippen molar-refractivity contribution < 1.29 is 12.8 Å². The molecule has 0 amide bonds. The summed E-state index contributed by atoms with van der Waals surface area (Å²) in [5.41, 5.74) is 1.13. The molecule has 0 saturated carbocycles. The van der Waals surface area contributed by atoms with Crippen molar-refractivity contribution >= 4 is 9.84 Å². The number of hydrogen-bond donors (Lipinski definition) is 1. The molecular weight excluding hydrogens is 240 g/mol. The zero-order valence-electron chi connectivity index (χ0n) is 9.76. The molecule has 1 aliphatic heterocycles. The second-order valence-electron chi connectivity index (χ2n) is 4.30. The van der Waals surface area contributed by atoms with Crippen LogP contribution in [0.3, 0.4) is 0 Å². The summed E-state index contributed by atoms with van der Waals surface area (Å²) in [6, 6.07) is 1.93. The predicted molar refractivity (Wildman–Crippen MR) is 65.5 cm³/mol. The van der Waals surface area contributed by atoms with Gasteiger partial charge in [-0.2, -0.15) is 0 Å². The molecule has 0 unspecified atom stereocenters. The van der Waals surface area contributed by atoms with Crippen molar-refractivity contribution in [3.8, 4) is 0 Å². The molecule has 96 valence electrons. The zero-order chi connectivity index (χ0) is 12.1. The highest BCUT2D eigenvalue weighted by Crippen LogP contribution is 2.03. The standard InChI is InChI=1S/C11H18N2O3S/c14-17(15)7-4-13(5-8-17)3-2-12-9-11-1-6-16-10-11/h1,6,10,12H,2-5,7-9H2. The number of furan rings is 1. The first-order valence-electron chi connectivity index (χ1n) is 5.80. The second-order valence-corrected chi connectivity index (χ2v) is 6.61. The van der Waals surface area contributed by atoms with E-state index in [2.05, 4.69) is 10.2 Å². The van der Waals surface area contributed by atoms with Crippen molar-refractivity contribution in [3.63, 3.8) is 0 Å². The Morgan fingerprint density at radius 1 is 1.35 bits per heavy atom. The molecule has 6 heteroatoms. The van der Waals surface area contributed by atoms with E-state index in [9.17, 15) is 8.42 Å². The van der Waals surface area contributed by atoms with Crippen LogP contribution in [0.25, 0.3) is 0 Å². The number of nitrogens with zero attached hydrogens (tertiary/aromatic N) is 1. The first kappa shape index (κ1) is 12.6. The minimum absolute atomic E-state index is 0.300. The smallest absolute Gasteiger partial charge is 0.152 e. The molecule has 1 fully saturated rings. The first-order chi connectivity index (χ1) is 8.16. The molecule has 0 bridgehead atoms. The molecule has 0 atom stereocenters. The van der Waals surface area contributed by atoms with Crippen molar-refractivity contribution in [2.45, 2.75) is 6.54 Å². The third-order valence-corrected chi connectivity index (χ3v) is 4.56. The molecule has 2 heterocycles. The van der Waals surface area contributed by atoms with E-state index in [4.69, 9.17) is 4.42 Å². The highest BCUT2D eigenvalue weighted by atomic mass is 32.2. The molecular formula is C11H18N2O3S. The summed E-state index contributed by atoms with van der Waals surface area (Å²) in [4.78, 5) is 2.18. The Morgan fingerprint density at radius 3 is 2.76 bits per heavy atom. The normalized spacial score (nSPS) is 20.5. The fraction of sp³-hybridized carbons (Fsp3) is 0.636. The van der Waals surface area contributed by atoms with Crippen LogP contribution in [0.4, 0.5) is 0 Å². The lowest BCUT2D eigenvalue weighted by molar-refractivity contribution is 0.294. The van der Waals surface area contributed by atoms with Crippen molar-refractivity contribution in [1.82, 2.24) is 10.2 Å². The zero-order valence-corrected chi connectivity index (χ0v) is 10.6. The molecule has 0 aromatic carbocycles. The molecule has 1 aromatic heterocycles. The Morgan fingerprint density at radius 2 is 2.12 bits per heavy atom. The van der Waals surface area contributed by atoms with Crippen molar-refractivity contribution in [2.75, 3.05) is 37.7 Å². The number of sulfone groups is 1. The Bertz CT molecular complexity index is 414. The van der Waals surface area contributed by atoms with Crippen LogP contribution >= 0.6 is 0 Å². The van der Waals surface area contributed by atoms with Crippen LogP contribution < -0.4 is 5.32 Å². The maximum Gasteiger partial charge on any atom is 0.152 e. The molecule has 0 aliphatic carbocycles. The fourth-order valence-electron chi connectivity index (χ4n) is 1.84. The van der Waals surface area contributed by atoms with Crippen LogP contribution in [-0.2, 0) is 16.4 Å². The number of nitrogens with one attached hydrogen (secondary N) is 1. The van der Waals surface area contributed by atoms with Gasteiger partial charge in [-0.3, -0.25) is 0 Å². The SMILES string of the molecule is O=S1(=O)CCN(CCNCc2ccoc2)CC1. The minimum atomic E-state index is -2.76. The summed E-state index contributed by atoms with van der Waals surface area (Å²) in [5.74, 6) is 0.601. The van der Waals surface area contributed by atoms with Gasteiger partial charge in [-0.05, 0) is 6.07 Å². The van der Waals surface area contributed by atoms with Crippen LogP contribution in [0, 0.1) is 0 Å². The van der Waals surface area contributed by atoms with Gasteiger partial charge in [0.15, 0.2) is 9.84 Å². The Balaban J connectivity index is 1.60. The molecule has 0 spiro atoms. The van der Waals surface area contributed by atoms with E-state index in [1.807, 2.05) is 6.07 Å². The van der Waals surface area contributed by atoms with Gasteiger partial charge in [0, 0.05) is 38.3 Å². The minimum Gasteiger partial charge on any atom is -0.472 e. The van der Waals surface area contributed by atoms with Gasteiger partial charge >= 0.3 is 0 Å². The predicted octanol–water partition coefficient (Wildman–Crippen LogP) is 0.0996. The molecule has 17 heavy (non-hydrogen) atoms. The number of rotatable bonds is 5. The van der Waals surface area contributed by atoms with Crippen LogP contribution in [0.1, 0.15) is 5.56 Å². The topological polar surface area (TPSA) is 62.6 Å². The van der Waals surface area contributed by atoms with Gasteiger partial charge in [0.1, 0.15) is 0 Å². The lowest BCUT2D eigenvalue weighted by Gasteiger charge is -2.26. The van der Waals surface area contributed by atoms with E-state index in [0.29, 0.717) is 24.6 Å². The van der Waals surface area contributed by atoms with Crippen LogP contribution in [0.15, 0.2) is 23.0 Å². The third-order valence-electron chi connectivity index (χ3n) is 2.95. The van der Waals surface area contributed by atoms with E-state index < -0.39 is 9.84 Å². The molecule has 2 rings (SSSR count). The molecule has 5 nitrogen and oxygen atoms in total. The van der Waals surface area contributed by atoms with E-state index >= 15 is 0 Å². The maximum atomic E-state index is 11.2. The number of hydrogen-bond acceptors (Lipinski definition) is 5. The van der Waals surface area contributed by atoms with Gasteiger partial charge in [0.05, 0.1) is 24.0 Å². The third kappa shape index (κ3) is 4.14. The second kappa shape index (κ2) is 5.66. The molecule has 0 radical (unpaired) electrons. The quantitative estimate of drug-likeness (QED) is 0.759. The van der Waals surface area contributed by atoms with Crippen molar-refractivity contribution in [3.05, 3.63) is 24.2 Å². The molecule has 1 N–H and O–H groups in total. The van der Waals surface area contributed by atoms with Gasteiger partial charge < -0.3 is 14.6 Å². The Kier molecular flexibility index (Phi) is 4.20. The van der Waals surface area contributed by atoms with E-state index in [1.165, 1.54) is 0 Å². The summed E-state index contributed by atoms with van der Waals surface area (Å²) >= 11 is 0. The van der Waals surface area contributed by atoms with Crippen molar-refractivity contribution in [2.24, 2.45) is 0 Å². The Labute approximate surface area is 102 Å². The van der Waals surface area contributed by atoms with E-state index in [-0.39, 0.29) is 0 Å². The van der Waals surface area contributed by atoms with Gasteiger partial charge in [-0.1, -0.05) is 0 Å². The summed E-state index contributed by atoms with van der Waals surface area (Å²) in [6.07, 6.45) is 3.38. The van der Waals surface area contributed by atoms with Crippen molar-refractivity contribution in [1.29, 1.82) is 0 Å². The summed E-state index contributed by atoms with van der Waals surface area (Å²) in [6.45, 7) is 3.88. The van der Waals surface area contributed by atoms with Gasteiger partial charge in [-0.25, -0.2) is 8.42 Å². The monoisotopic (exact) mass is 258 g/mol. The van der Waals surface area contributed by atoms with E-state index in [0.717, 1.165) is 25.2 Å². The lowest BCUT2D eigenvalue weighted by Crippen LogP contribution is -2.43. The molecule has 1 saturated heterocycles. The summed E-state index contributed by atoms with van der Waals surface area (Å²) in [7, 11) is -2.76. The first-order valence-corrected chi connectivity index (χ1v) is 7.62. The fourth-order valence-corrected chi connectivity index (χ4v) is 3.11. The van der Waals surface area contributed by atoms with Crippen LogP contribution in [0.2, 0.25) is 0 Å². The van der Waals surface area contributed by atoms with Crippen LogP contribution in [0.5, 0.6) is 0 Å². The summed E-state index contributed by atoms with van der Waals surface area (Å²) < 4.78 is 27.4. The average Bonchev–Trinajstić information content (AvgIpc) is 2.79. The summed E-state index contributed by atoms with van der Waals surface area (Å²) in [5, 5.41) is 3.30. The van der Waals surface area contributed by atoms with Gasteiger partial charge in [-0.15, -0.1) is 0 Å². The van der Waals surface area contributed by atoms with Gasteiger partial charge in [0.25, 0.3) is 0 Å². The molecule has 1 aromatic rings. The highest BCUT2D eigenvalue weighted by Gasteiger charge is 2.20. The maximum absolute atomic E-state index is 11.2.